The molecule has 2 aliphatic rings. The first-order valence-corrected chi connectivity index (χ1v) is 20.9. The number of aryl methyl sites for hydroxylation is 2. The van der Waals surface area contributed by atoms with Crippen molar-refractivity contribution in [2.45, 2.75) is 13.8 Å². The lowest BCUT2D eigenvalue weighted by molar-refractivity contribution is -0.114. The van der Waals surface area contributed by atoms with Gasteiger partial charge in [-0.15, -0.1) is 0 Å². The minimum absolute atomic E-state index is 0.125. The average molecular weight is 897 g/mol. The molecule has 0 atom stereocenters. The van der Waals surface area contributed by atoms with Crippen molar-refractivity contribution >= 4 is 112 Å². The second-order valence-electron chi connectivity index (χ2n) is 13.1. The lowest BCUT2D eigenvalue weighted by atomic mass is 9.99. The van der Waals surface area contributed by atoms with Crippen LogP contribution in [0, 0.1) is 13.8 Å². The number of amides is 2. The van der Waals surface area contributed by atoms with E-state index in [2.05, 4.69) is 44.0 Å². The molecule has 0 unspecified atom stereocenters. The van der Waals surface area contributed by atoms with E-state index in [4.69, 9.17) is 9.98 Å². The summed E-state index contributed by atoms with van der Waals surface area (Å²) in [6.07, 6.45) is 3.83. The molecule has 274 valence electrons. The lowest BCUT2D eigenvalue weighted by Gasteiger charge is -2.20. The van der Waals surface area contributed by atoms with E-state index in [0.717, 1.165) is 65.1 Å². The quantitative estimate of drug-likeness (QED) is 0.150. The Morgan fingerprint density at radius 1 is 0.500 bits per heavy atom. The number of hydrogen-bond donors (Lipinski definition) is 0. The largest absolute Gasteiger partial charge is 0.271 e. The maximum absolute atomic E-state index is 14.1. The molecule has 0 spiro atoms. The zero-order valence-corrected chi connectivity index (χ0v) is 35.0. The number of rotatable bonds is 7. The molecule has 0 bridgehead atoms. The van der Waals surface area contributed by atoms with E-state index in [-0.39, 0.29) is 11.8 Å². The minimum atomic E-state index is -0.125. The summed E-state index contributed by atoms with van der Waals surface area (Å²) < 4.78 is 1.91. The zero-order chi connectivity index (χ0) is 38.8. The molecule has 0 aromatic heterocycles. The number of hydrogen-bond acceptors (Lipinski definition) is 6. The van der Waals surface area contributed by atoms with Gasteiger partial charge >= 0.3 is 0 Å². The van der Waals surface area contributed by atoms with Crippen molar-refractivity contribution in [3.63, 3.8) is 0 Å². The van der Waals surface area contributed by atoms with Crippen molar-refractivity contribution in [2.75, 3.05) is 9.80 Å². The van der Waals surface area contributed by atoms with Gasteiger partial charge in [-0.05, 0) is 156 Å². The van der Waals surface area contributed by atoms with Crippen LogP contribution in [0.1, 0.15) is 22.3 Å². The molecule has 0 radical (unpaired) electrons. The van der Waals surface area contributed by atoms with Crippen LogP contribution in [0.2, 0.25) is 0 Å². The number of aliphatic imine (C=N–C) groups is 2. The molecule has 2 aliphatic heterocycles. The Labute approximate surface area is 351 Å². The number of benzene rings is 6. The summed E-state index contributed by atoms with van der Waals surface area (Å²) in [5.41, 5.74) is 8.75. The molecule has 0 saturated carbocycles. The molecule has 6 nitrogen and oxygen atoms in total. The first kappa shape index (κ1) is 37.7. The van der Waals surface area contributed by atoms with E-state index in [9.17, 15) is 9.59 Å². The normalized spacial score (nSPS) is 17.3. The fourth-order valence-electron chi connectivity index (χ4n) is 6.35. The SMILES string of the molecule is Cc1cc(-c2ccc(N3C(=O)/C(=C\c4ccccc4)SC3=Nc3ccc(Br)cc3)c(C)c2)ccc1N1C(=O)/C(=C\c2ccccc2)SC1=Nc1ccc(Br)cc1. The lowest BCUT2D eigenvalue weighted by Crippen LogP contribution is -2.29. The Morgan fingerprint density at radius 3 is 1.23 bits per heavy atom. The van der Waals surface area contributed by atoms with Crippen molar-refractivity contribution in [1.82, 2.24) is 0 Å². The van der Waals surface area contributed by atoms with Crippen molar-refractivity contribution in [2.24, 2.45) is 9.98 Å². The van der Waals surface area contributed by atoms with Crippen LogP contribution in [0.3, 0.4) is 0 Å². The number of nitrogens with zero attached hydrogens (tertiary/aromatic N) is 4. The highest BCUT2D eigenvalue weighted by Crippen LogP contribution is 2.42. The molecule has 2 heterocycles. The Hall–Kier alpha value is -5.26. The Bertz CT molecular complexity index is 2420. The van der Waals surface area contributed by atoms with Gasteiger partial charge in [0.05, 0.1) is 32.6 Å². The second kappa shape index (κ2) is 16.5. The summed E-state index contributed by atoms with van der Waals surface area (Å²) in [6, 6.07) is 47.3. The fourth-order valence-corrected chi connectivity index (χ4v) is 8.86. The minimum Gasteiger partial charge on any atom is -0.268 e. The summed E-state index contributed by atoms with van der Waals surface area (Å²) >= 11 is 9.74. The Balaban J connectivity index is 1.12. The van der Waals surface area contributed by atoms with Gasteiger partial charge in [0.15, 0.2) is 10.3 Å². The third-order valence-electron chi connectivity index (χ3n) is 9.12. The highest BCUT2D eigenvalue weighted by molar-refractivity contribution is 9.10. The molecule has 6 aromatic carbocycles. The van der Waals surface area contributed by atoms with Crippen LogP contribution in [0.25, 0.3) is 23.3 Å². The molecule has 2 amide bonds. The Morgan fingerprint density at radius 2 is 0.875 bits per heavy atom. The van der Waals surface area contributed by atoms with Gasteiger partial charge < -0.3 is 0 Å². The van der Waals surface area contributed by atoms with Crippen LogP contribution < -0.4 is 9.80 Å². The predicted molar refractivity (Wildman–Crippen MR) is 243 cm³/mol. The first-order chi connectivity index (χ1) is 27.2. The van der Waals surface area contributed by atoms with E-state index < -0.39 is 0 Å². The number of anilines is 2. The van der Waals surface area contributed by atoms with E-state index in [0.29, 0.717) is 20.1 Å². The maximum atomic E-state index is 14.1. The molecule has 8 rings (SSSR count). The predicted octanol–water partition coefficient (Wildman–Crippen LogP) is 13.1. The molecule has 2 fully saturated rings. The van der Waals surface area contributed by atoms with Crippen LogP contribution >= 0.6 is 55.4 Å². The van der Waals surface area contributed by atoms with Gasteiger partial charge in [-0.2, -0.15) is 0 Å². The van der Waals surface area contributed by atoms with Crippen LogP contribution in [0.15, 0.2) is 174 Å². The molecule has 0 N–H and O–H groups in total. The van der Waals surface area contributed by atoms with Crippen molar-refractivity contribution in [3.8, 4) is 11.1 Å². The second-order valence-corrected chi connectivity index (χ2v) is 16.9. The van der Waals surface area contributed by atoms with Crippen LogP contribution in [0.5, 0.6) is 0 Å². The number of amidine groups is 2. The van der Waals surface area contributed by atoms with Crippen molar-refractivity contribution in [1.29, 1.82) is 0 Å². The molecule has 10 heteroatoms. The van der Waals surface area contributed by atoms with Gasteiger partial charge in [-0.3, -0.25) is 19.4 Å². The van der Waals surface area contributed by atoms with Gasteiger partial charge in [0.25, 0.3) is 11.8 Å². The summed E-state index contributed by atoms with van der Waals surface area (Å²) in [7, 11) is 0. The van der Waals surface area contributed by atoms with Gasteiger partial charge in [-0.25, -0.2) is 9.98 Å². The number of carbonyl (C=O) groups is 2. The summed E-state index contributed by atoms with van der Waals surface area (Å²) in [5, 5.41) is 1.18. The molecule has 0 aliphatic carbocycles. The first-order valence-electron chi connectivity index (χ1n) is 17.7. The highest BCUT2D eigenvalue weighted by Gasteiger charge is 2.37. The van der Waals surface area contributed by atoms with E-state index in [1.54, 1.807) is 9.80 Å². The fraction of sp³-hybridized carbons (Fsp3) is 0.0435. The highest BCUT2D eigenvalue weighted by atomic mass is 79.9. The van der Waals surface area contributed by atoms with Crippen molar-refractivity contribution in [3.05, 3.63) is 187 Å². The number of carbonyl (C=O) groups excluding carboxylic acids is 2. The van der Waals surface area contributed by atoms with Gasteiger partial charge in [0.1, 0.15) is 0 Å². The van der Waals surface area contributed by atoms with Crippen LogP contribution in [-0.2, 0) is 9.59 Å². The van der Waals surface area contributed by atoms with Gasteiger partial charge in [-0.1, -0.05) is 105 Å². The Kier molecular flexibility index (Phi) is 11.1. The third-order valence-corrected chi connectivity index (χ3v) is 12.1. The number of halogens is 2. The molecular formula is C46H32Br2N4O2S2. The van der Waals surface area contributed by atoms with Gasteiger partial charge in [0, 0.05) is 8.95 Å². The monoisotopic (exact) mass is 894 g/mol. The molecule has 56 heavy (non-hydrogen) atoms. The van der Waals surface area contributed by atoms with Crippen LogP contribution in [0.4, 0.5) is 22.7 Å². The van der Waals surface area contributed by atoms with Gasteiger partial charge in [0.2, 0.25) is 0 Å². The third kappa shape index (κ3) is 8.15. The van der Waals surface area contributed by atoms with Crippen molar-refractivity contribution < 1.29 is 9.59 Å². The summed E-state index contributed by atoms with van der Waals surface area (Å²) in [4.78, 5) is 42.6. The molecular weight excluding hydrogens is 864 g/mol. The number of thioether (sulfide) groups is 2. The van der Waals surface area contributed by atoms with Crippen LogP contribution in [-0.4, -0.2) is 22.1 Å². The van der Waals surface area contributed by atoms with E-state index in [1.807, 2.05) is 159 Å². The average Bonchev–Trinajstić information content (AvgIpc) is 3.67. The van der Waals surface area contributed by atoms with E-state index >= 15 is 0 Å². The topological polar surface area (TPSA) is 65.3 Å². The summed E-state index contributed by atoms with van der Waals surface area (Å²) in [5.74, 6) is -0.250. The molecule has 2 saturated heterocycles. The maximum Gasteiger partial charge on any atom is 0.271 e. The van der Waals surface area contributed by atoms with E-state index in [1.165, 1.54) is 23.5 Å². The standard InChI is InChI=1S/C46H32Br2N4O2S2/c1-29-25-33(13-23-39(29)51-43(53)41(27-31-9-5-3-6-10-31)55-45(51)49-37-19-15-35(47)16-20-37)34-14-24-40(30(2)26-34)52-44(54)42(28-32-11-7-4-8-12-32)56-46(52)50-38-21-17-36(48)18-22-38/h3-28H,1-2H3/b41-27+,42-28+,49-45?,50-46?. The molecule has 6 aromatic rings. The summed E-state index contributed by atoms with van der Waals surface area (Å²) in [6.45, 7) is 4.03. The smallest absolute Gasteiger partial charge is 0.268 e. The zero-order valence-electron chi connectivity index (χ0n) is 30.2.